The standard InChI is InChI=1S/C17H19F2N3O2/c1-10(9-23)21(2)17(24)16-12-4-3-5-15(12)22(20-16)11-6-7-13(18)14(19)8-11/h6-8,10,23H,3-5,9H2,1-2H3. The fourth-order valence-electron chi connectivity index (χ4n) is 2.93. The van der Waals surface area contributed by atoms with E-state index in [9.17, 15) is 18.7 Å². The summed E-state index contributed by atoms with van der Waals surface area (Å²) in [5.74, 6) is -2.15. The maximum atomic E-state index is 13.5. The summed E-state index contributed by atoms with van der Waals surface area (Å²) >= 11 is 0. The van der Waals surface area contributed by atoms with E-state index in [0.29, 0.717) is 11.4 Å². The quantitative estimate of drug-likeness (QED) is 0.931. The molecule has 0 aliphatic heterocycles. The van der Waals surface area contributed by atoms with Gasteiger partial charge in [-0.1, -0.05) is 0 Å². The lowest BCUT2D eigenvalue weighted by molar-refractivity contribution is 0.0675. The highest BCUT2D eigenvalue weighted by Crippen LogP contribution is 2.29. The van der Waals surface area contributed by atoms with Crippen LogP contribution in [0.2, 0.25) is 0 Å². The van der Waals surface area contributed by atoms with E-state index in [0.717, 1.165) is 42.7 Å². The molecule has 0 radical (unpaired) electrons. The molecule has 0 fully saturated rings. The van der Waals surface area contributed by atoms with Gasteiger partial charge in [0.15, 0.2) is 17.3 Å². The number of fused-ring (bicyclic) bond motifs is 1. The Morgan fingerprint density at radius 3 is 2.79 bits per heavy atom. The first-order chi connectivity index (χ1) is 11.4. The number of nitrogens with zero attached hydrogens (tertiary/aromatic N) is 3. The third-order valence-corrected chi connectivity index (χ3v) is 4.53. The van der Waals surface area contributed by atoms with Crippen LogP contribution >= 0.6 is 0 Å². The highest BCUT2D eigenvalue weighted by Gasteiger charge is 2.29. The molecule has 0 saturated heterocycles. The van der Waals surface area contributed by atoms with E-state index in [1.165, 1.54) is 15.6 Å². The molecule has 1 aromatic carbocycles. The molecule has 1 heterocycles. The molecule has 1 aromatic heterocycles. The molecule has 1 atom stereocenters. The summed E-state index contributed by atoms with van der Waals surface area (Å²) in [4.78, 5) is 14.1. The zero-order valence-electron chi connectivity index (χ0n) is 13.6. The van der Waals surface area contributed by atoms with Gasteiger partial charge in [0.2, 0.25) is 0 Å². The van der Waals surface area contributed by atoms with E-state index in [1.807, 2.05) is 0 Å². The lowest BCUT2D eigenvalue weighted by Gasteiger charge is -2.22. The van der Waals surface area contributed by atoms with Gasteiger partial charge >= 0.3 is 0 Å². The molecule has 1 aliphatic rings. The Labute approximate surface area is 138 Å². The highest BCUT2D eigenvalue weighted by molar-refractivity contribution is 5.94. The van der Waals surface area contributed by atoms with Crippen molar-refractivity contribution >= 4 is 5.91 Å². The van der Waals surface area contributed by atoms with Crippen molar-refractivity contribution in [3.05, 3.63) is 46.8 Å². The van der Waals surface area contributed by atoms with Crippen molar-refractivity contribution in [1.29, 1.82) is 0 Å². The highest BCUT2D eigenvalue weighted by atomic mass is 19.2. The molecule has 1 N–H and O–H groups in total. The zero-order valence-corrected chi connectivity index (χ0v) is 13.6. The Balaban J connectivity index is 2.05. The summed E-state index contributed by atoms with van der Waals surface area (Å²) in [5.41, 5.74) is 2.41. The summed E-state index contributed by atoms with van der Waals surface area (Å²) in [6.07, 6.45) is 2.34. The molecule has 128 valence electrons. The average molecular weight is 335 g/mol. The van der Waals surface area contributed by atoms with Gasteiger partial charge in [0.05, 0.1) is 18.3 Å². The van der Waals surface area contributed by atoms with Crippen molar-refractivity contribution in [2.75, 3.05) is 13.7 Å². The third-order valence-electron chi connectivity index (χ3n) is 4.53. The van der Waals surface area contributed by atoms with Crippen molar-refractivity contribution < 1.29 is 18.7 Å². The van der Waals surface area contributed by atoms with Crippen LogP contribution in [0.5, 0.6) is 0 Å². The van der Waals surface area contributed by atoms with Gasteiger partial charge in [-0.05, 0) is 38.3 Å². The van der Waals surface area contributed by atoms with E-state index < -0.39 is 11.6 Å². The molecule has 3 rings (SSSR count). The number of likely N-dealkylation sites (N-methyl/N-ethyl adjacent to an activating group) is 1. The van der Waals surface area contributed by atoms with Gasteiger partial charge in [-0.2, -0.15) is 5.10 Å². The minimum Gasteiger partial charge on any atom is -0.394 e. The maximum Gasteiger partial charge on any atom is 0.274 e. The maximum absolute atomic E-state index is 13.5. The number of halogens is 2. The van der Waals surface area contributed by atoms with Gasteiger partial charge in [0.25, 0.3) is 5.91 Å². The molecular formula is C17H19F2N3O2. The van der Waals surface area contributed by atoms with E-state index in [-0.39, 0.29) is 18.6 Å². The Kier molecular flexibility index (Phi) is 4.36. The molecule has 1 unspecified atom stereocenters. The monoisotopic (exact) mass is 335 g/mol. The fraction of sp³-hybridized carbons (Fsp3) is 0.412. The Morgan fingerprint density at radius 1 is 1.38 bits per heavy atom. The Hall–Kier alpha value is -2.28. The van der Waals surface area contributed by atoms with Gasteiger partial charge in [-0.25, -0.2) is 13.5 Å². The van der Waals surface area contributed by atoms with Gasteiger partial charge in [-0.3, -0.25) is 4.79 Å². The first kappa shape index (κ1) is 16.6. The predicted molar refractivity (Wildman–Crippen MR) is 84.1 cm³/mol. The number of amides is 1. The first-order valence-corrected chi connectivity index (χ1v) is 7.88. The molecule has 1 amide bonds. The predicted octanol–water partition coefficient (Wildman–Crippen LogP) is 2.09. The van der Waals surface area contributed by atoms with Crippen molar-refractivity contribution in [2.45, 2.75) is 32.2 Å². The molecule has 5 nitrogen and oxygen atoms in total. The molecule has 24 heavy (non-hydrogen) atoms. The molecule has 2 aromatic rings. The normalized spacial score (nSPS) is 14.5. The third kappa shape index (κ3) is 2.69. The van der Waals surface area contributed by atoms with Crippen LogP contribution in [-0.4, -0.2) is 45.4 Å². The zero-order chi connectivity index (χ0) is 17.4. The number of aromatic nitrogens is 2. The second-order valence-electron chi connectivity index (χ2n) is 6.09. The number of hydrogen-bond acceptors (Lipinski definition) is 3. The van der Waals surface area contributed by atoms with Crippen LogP contribution in [0.4, 0.5) is 8.78 Å². The van der Waals surface area contributed by atoms with Crippen molar-refractivity contribution in [2.24, 2.45) is 0 Å². The molecule has 7 heteroatoms. The smallest absolute Gasteiger partial charge is 0.274 e. The Bertz CT molecular complexity index is 788. The minimum atomic E-state index is -0.950. The van der Waals surface area contributed by atoms with Crippen LogP contribution in [0.15, 0.2) is 18.2 Å². The van der Waals surface area contributed by atoms with Gasteiger partial charge in [-0.15, -0.1) is 0 Å². The van der Waals surface area contributed by atoms with E-state index in [4.69, 9.17) is 0 Å². The number of aliphatic hydroxyl groups excluding tert-OH is 1. The lowest BCUT2D eigenvalue weighted by Crippen LogP contribution is -2.38. The van der Waals surface area contributed by atoms with Gasteiger partial charge < -0.3 is 10.0 Å². The number of aliphatic hydroxyl groups is 1. The average Bonchev–Trinajstić information content (AvgIpc) is 3.17. The minimum absolute atomic E-state index is 0.145. The van der Waals surface area contributed by atoms with Crippen molar-refractivity contribution in [3.63, 3.8) is 0 Å². The second-order valence-corrected chi connectivity index (χ2v) is 6.09. The van der Waals surface area contributed by atoms with E-state index in [2.05, 4.69) is 5.10 Å². The number of carbonyl (C=O) groups excluding carboxylic acids is 1. The van der Waals surface area contributed by atoms with Crippen LogP contribution in [0, 0.1) is 11.6 Å². The van der Waals surface area contributed by atoms with Gasteiger partial charge in [0, 0.05) is 24.4 Å². The van der Waals surface area contributed by atoms with E-state index >= 15 is 0 Å². The van der Waals surface area contributed by atoms with Crippen LogP contribution in [0.1, 0.15) is 35.1 Å². The lowest BCUT2D eigenvalue weighted by atomic mass is 10.1. The molecular weight excluding hydrogens is 316 g/mol. The number of carbonyl (C=O) groups is 1. The molecule has 0 spiro atoms. The van der Waals surface area contributed by atoms with E-state index in [1.54, 1.807) is 14.0 Å². The molecule has 1 aliphatic carbocycles. The number of benzene rings is 1. The second kappa shape index (κ2) is 6.32. The Morgan fingerprint density at radius 2 is 2.12 bits per heavy atom. The summed E-state index contributed by atoms with van der Waals surface area (Å²) in [5, 5.41) is 13.6. The first-order valence-electron chi connectivity index (χ1n) is 7.88. The van der Waals surface area contributed by atoms with Gasteiger partial charge in [0.1, 0.15) is 0 Å². The van der Waals surface area contributed by atoms with Crippen LogP contribution < -0.4 is 0 Å². The van der Waals surface area contributed by atoms with Crippen LogP contribution in [0.3, 0.4) is 0 Å². The summed E-state index contributed by atoms with van der Waals surface area (Å²) in [6, 6.07) is 3.24. The number of rotatable bonds is 4. The van der Waals surface area contributed by atoms with Crippen molar-refractivity contribution in [1.82, 2.24) is 14.7 Å². The molecule has 0 saturated carbocycles. The SMILES string of the molecule is CC(CO)N(C)C(=O)c1nn(-c2ccc(F)c(F)c2)c2c1CCC2. The topological polar surface area (TPSA) is 58.4 Å². The summed E-state index contributed by atoms with van der Waals surface area (Å²) in [7, 11) is 1.61. The van der Waals surface area contributed by atoms with Crippen molar-refractivity contribution in [3.8, 4) is 5.69 Å². The molecule has 0 bridgehead atoms. The summed E-state index contributed by atoms with van der Waals surface area (Å²) < 4.78 is 28.2. The largest absolute Gasteiger partial charge is 0.394 e. The van der Waals surface area contributed by atoms with Crippen LogP contribution in [0.25, 0.3) is 5.69 Å². The van der Waals surface area contributed by atoms with Crippen LogP contribution in [-0.2, 0) is 12.8 Å². The number of hydrogen-bond donors (Lipinski definition) is 1. The summed E-state index contributed by atoms with van der Waals surface area (Å²) in [6.45, 7) is 1.60. The fourth-order valence-corrected chi connectivity index (χ4v) is 2.93.